The zero-order valence-corrected chi connectivity index (χ0v) is 17.1. The standard InChI is InChI=1S/C26H29NO2/c1-29-24-15-14-20-10-5-6-13-23(20)25(24)26(28)16-21-11-7-12-22(17-26)27(21)18-19-8-3-2-4-9-19/h2-6,8-10,13-15,21-22,28H,7,11-12,16-18H2,1H3. The predicted octanol–water partition coefficient (Wildman–Crippen LogP) is 5.25. The maximum atomic E-state index is 12.0. The van der Waals surface area contributed by atoms with Crippen molar-refractivity contribution in [3.05, 3.63) is 77.9 Å². The van der Waals surface area contributed by atoms with E-state index in [4.69, 9.17) is 4.74 Å². The molecule has 2 atom stereocenters. The summed E-state index contributed by atoms with van der Waals surface area (Å²) < 4.78 is 5.74. The van der Waals surface area contributed by atoms with Crippen molar-refractivity contribution >= 4 is 10.8 Å². The molecule has 3 heteroatoms. The normalized spacial score (nSPS) is 27.1. The van der Waals surface area contributed by atoms with Gasteiger partial charge in [0.15, 0.2) is 0 Å². The first-order valence-electron chi connectivity index (χ1n) is 10.8. The van der Waals surface area contributed by atoms with E-state index in [9.17, 15) is 5.11 Å². The molecule has 0 aliphatic carbocycles. The summed E-state index contributed by atoms with van der Waals surface area (Å²) >= 11 is 0. The van der Waals surface area contributed by atoms with Gasteiger partial charge in [0.05, 0.1) is 12.7 Å². The molecule has 0 radical (unpaired) electrons. The second-order valence-electron chi connectivity index (χ2n) is 8.70. The van der Waals surface area contributed by atoms with E-state index in [1.807, 2.05) is 6.07 Å². The second kappa shape index (κ2) is 7.47. The summed E-state index contributed by atoms with van der Waals surface area (Å²) in [6.07, 6.45) is 5.09. The summed E-state index contributed by atoms with van der Waals surface area (Å²) in [5, 5.41) is 14.3. The Labute approximate surface area is 172 Å². The fourth-order valence-corrected chi connectivity index (χ4v) is 5.68. The third kappa shape index (κ3) is 3.33. The van der Waals surface area contributed by atoms with E-state index in [0.717, 1.165) is 54.3 Å². The van der Waals surface area contributed by atoms with Crippen LogP contribution in [0.15, 0.2) is 66.7 Å². The Bertz CT molecular complexity index is 986. The minimum absolute atomic E-state index is 0.399. The molecule has 0 amide bonds. The summed E-state index contributed by atoms with van der Waals surface area (Å²) in [5.41, 5.74) is 1.49. The van der Waals surface area contributed by atoms with Crippen molar-refractivity contribution in [2.75, 3.05) is 7.11 Å². The molecule has 2 aliphatic rings. The van der Waals surface area contributed by atoms with Crippen molar-refractivity contribution in [2.45, 2.75) is 56.3 Å². The first-order chi connectivity index (χ1) is 14.2. The molecule has 3 nitrogen and oxygen atoms in total. The number of piperidine rings is 2. The Hall–Kier alpha value is -2.36. The zero-order valence-electron chi connectivity index (χ0n) is 17.1. The summed E-state index contributed by atoms with van der Waals surface area (Å²) in [7, 11) is 1.71. The SMILES string of the molecule is COc1ccc2ccccc2c1C1(O)CC2CCCC(C1)N2Cc1ccccc1. The molecule has 3 aromatic carbocycles. The van der Waals surface area contributed by atoms with Crippen LogP contribution in [0.3, 0.4) is 0 Å². The van der Waals surface area contributed by atoms with Gasteiger partial charge in [-0.05, 0) is 48.1 Å². The van der Waals surface area contributed by atoms with Gasteiger partial charge in [-0.15, -0.1) is 0 Å². The molecule has 3 aromatic rings. The topological polar surface area (TPSA) is 32.7 Å². The molecular weight excluding hydrogens is 358 g/mol. The number of benzene rings is 3. The number of fused-ring (bicyclic) bond motifs is 3. The van der Waals surface area contributed by atoms with Crippen molar-refractivity contribution in [3.63, 3.8) is 0 Å². The summed E-state index contributed by atoms with van der Waals surface area (Å²) in [6, 6.07) is 24.0. The van der Waals surface area contributed by atoms with Crippen molar-refractivity contribution in [1.29, 1.82) is 0 Å². The van der Waals surface area contributed by atoms with Crippen LogP contribution < -0.4 is 4.74 Å². The number of ether oxygens (including phenoxy) is 1. The Balaban J connectivity index is 1.53. The van der Waals surface area contributed by atoms with E-state index >= 15 is 0 Å². The first kappa shape index (κ1) is 18.7. The third-order valence-corrected chi connectivity index (χ3v) is 6.94. The van der Waals surface area contributed by atoms with E-state index in [0.29, 0.717) is 12.1 Å². The summed E-state index contributed by atoms with van der Waals surface area (Å²) in [6.45, 7) is 0.971. The number of methoxy groups -OCH3 is 1. The number of aliphatic hydroxyl groups is 1. The van der Waals surface area contributed by atoms with Gasteiger partial charge in [0.1, 0.15) is 5.75 Å². The fraction of sp³-hybridized carbons (Fsp3) is 0.385. The van der Waals surface area contributed by atoms with E-state index in [-0.39, 0.29) is 0 Å². The zero-order chi connectivity index (χ0) is 19.8. The van der Waals surface area contributed by atoms with Crippen molar-refractivity contribution in [2.24, 2.45) is 0 Å². The highest BCUT2D eigenvalue weighted by atomic mass is 16.5. The molecule has 2 fully saturated rings. The summed E-state index contributed by atoms with van der Waals surface area (Å²) in [4.78, 5) is 2.64. The van der Waals surface area contributed by atoms with Crippen LogP contribution in [0.5, 0.6) is 5.75 Å². The van der Waals surface area contributed by atoms with Crippen LogP contribution in [0.2, 0.25) is 0 Å². The molecule has 1 N–H and O–H groups in total. The van der Waals surface area contributed by atoms with Crippen LogP contribution in [-0.4, -0.2) is 29.2 Å². The molecule has 0 aromatic heterocycles. The van der Waals surface area contributed by atoms with Crippen molar-refractivity contribution in [3.8, 4) is 5.75 Å². The van der Waals surface area contributed by atoms with Gasteiger partial charge < -0.3 is 9.84 Å². The largest absolute Gasteiger partial charge is 0.496 e. The number of nitrogens with zero attached hydrogens (tertiary/aromatic N) is 1. The van der Waals surface area contributed by atoms with Gasteiger partial charge in [0.2, 0.25) is 0 Å². The molecule has 2 bridgehead atoms. The highest BCUT2D eigenvalue weighted by molar-refractivity contribution is 5.88. The first-order valence-corrected chi connectivity index (χ1v) is 10.8. The number of hydrogen-bond donors (Lipinski definition) is 1. The molecule has 2 unspecified atom stereocenters. The van der Waals surface area contributed by atoms with E-state index in [1.54, 1.807) is 7.11 Å². The lowest BCUT2D eigenvalue weighted by Gasteiger charge is -2.52. The second-order valence-corrected chi connectivity index (χ2v) is 8.70. The van der Waals surface area contributed by atoms with Crippen LogP contribution in [0, 0.1) is 0 Å². The Kier molecular flexibility index (Phi) is 4.81. The van der Waals surface area contributed by atoms with Crippen LogP contribution >= 0.6 is 0 Å². The molecule has 0 spiro atoms. The quantitative estimate of drug-likeness (QED) is 0.663. The van der Waals surface area contributed by atoms with Gasteiger partial charge in [-0.2, -0.15) is 0 Å². The van der Waals surface area contributed by atoms with Gasteiger partial charge in [0, 0.05) is 24.2 Å². The minimum atomic E-state index is -0.852. The highest BCUT2D eigenvalue weighted by Crippen LogP contribution is 2.49. The molecule has 2 aliphatic heterocycles. The lowest BCUT2D eigenvalue weighted by Crippen LogP contribution is -2.56. The van der Waals surface area contributed by atoms with Gasteiger partial charge in [-0.25, -0.2) is 0 Å². The van der Waals surface area contributed by atoms with Gasteiger partial charge >= 0.3 is 0 Å². The predicted molar refractivity (Wildman–Crippen MR) is 117 cm³/mol. The minimum Gasteiger partial charge on any atom is -0.496 e. The molecule has 2 saturated heterocycles. The monoisotopic (exact) mass is 387 g/mol. The number of hydrogen-bond acceptors (Lipinski definition) is 3. The maximum Gasteiger partial charge on any atom is 0.125 e. The van der Waals surface area contributed by atoms with Crippen LogP contribution in [0.4, 0.5) is 0 Å². The van der Waals surface area contributed by atoms with E-state index in [2.05, 4.69) is 65.6 Å². The lowest BCUT2D eigenvalue weighted by molar-refractivity contribution is -0.0999. The van der Waals surface area contributed by atoms with Crippen molar-refractivity contribution < 1.29 is 9.84 Å². The smallest absolute Gasteiger partial charge is 0.125 e. The average Bonchev–Trinajstić information content (AvgIpc) is 2.74. The van der Waals surface area contributed by atoms with E-state index < -0.39 is 5.60 Å². The molecule has 150 valence electrons. The van der Waals surface area contributed by atoms with Crippen molar-refractivity contribution in [1.82, 2.24) is 4.90 Å². The van der Waals surface area contributed by atoms with Crippen LogP contribution in [0.25, 0.3) is 10.8 Å². The molecular formula is C26H29NO2. The molecule has 29 heavy (non-hydrogen) atoms. The lowest BCUT2D eigenvalue weighted by atomic mass is 9.71. The molecule has 5 rings (SSSR count). The number of rotatable bonds is 4. The van der Waals surface area contributed by atoms with Gasteiger partial charge in [-0.3, -0.25) is 4.90 Å². The third-order valence-electron chi connectivity index (χ3n) is 6.94. The fourth-order valence-electron chi connectivity index (χ4n) is 5.68. The van der Waals surface area contributed by atoms with Crippen LogP contribution in [0.1, 0.15) is 43.2 Å². The maximum absolute atomic E-state index is 12.0. The van der Waals surface area contributed by atoms with Gasteiger partial charge in [0.25, 0.3) is 0 Å². The molecule has 2 heterocycles. The average molecular weight is 388 g/mol. The van der Waals surface area contributed by atoms with E-state index in [1.165, 1.54) is 12.0 Å². The Morgan fingerprint density at radius 2 is 1.62 bits per heavy atom. The highest BCUT2D eigenvalue weighted by Gasteiger charge is 2.47. The van der Waals surface area contributed by atoms with Crippen LogP contribution in [-0.2, 0) is 12.1 Å². The Morgan fingerprint density at radius 3 is 2.34 bits per heavy atom. The molecule has 0 saturated carbocycles. The summed E-state index contributed by atoms with van der Waals surface area (Å²) in [5.74, 6) is 0.806. The van der Waals surface area contributed by atoms with Gasteiger partial charge in [-0.1, -0.05) is 67.1 Å². The Morgan fingerprint density at radius 1 is 0.931 bits per heavy atom.